The van der Waals surface area contributed by atoms with Gasteiger partial charge in [0.25, 0.3) is 0 Å². The van der Waals surface area contributed by atoms with Gasteiger partial charge in [0.15, 0.2) is 0 Å². The number of carbonyl (C=O) groups is 2. The summed E-state index contributed by atoms with van der Waals surface area (Å²) >= 11 is 3.86. The first-order valence-electron chi connectivity index (χ1n) is 3.32. The van der Waals surface area contributed by atoms with Gasteiger partial charge in [-0.3, -0.25) is 0 Å². The third kappa shape index (κ3) is 3.02. The van der Waals surface area contributed by atoms with Crippen molar-refractivity contribution >= 4 is 54.1 Å². The van der Waals surface area contributed by atoms with Crippen LogP contribution in [0.3, 0.4) is 0 Å². The minimum atomic E-state index is -1.12. The molecule has 1 aromatic carbocycles. The van der Waals surface area contributed by atoms with Gasteiger partial charge in [0, 0.05) is 4.90 Å². The fourth-order valence-corrected chi connectivity index (χ4v) is 1.15. The maximum atomic E-state index is 10.5. The summed E-state index contributed by atoms with van der Waals surface area (Å²) in [5.74, 6) is -2.23. The van der Waals surface area contributed by atoms with E-state index in [0.29, 0.717) is 0 Å². The van der Waals surface area contributed by atoms with E-state index >= 15 is 0 Å². The zero-order chi connectivity index (χ0) is 10.0. The van der Waals surface area contributed by atoms with Crippen molar-refractivity contribution in [1.82, 2.24) is 0 Å². The summed E-state index contributed by atoms with van der Waals surface area (Å²) in [6.07, 6.45) is 0. The van der Waals surface area contributed by atoms with Gasteiger partial charge in [-0.25, -0.2) is 9.59 Å². The predicted octanol–water partition coefficient (Wildman–Crippen LogP) is 0.723. The molecule has 0 aliphatic heterocycles. The van der Waals surface area contributed by atoms with Gasteiger partial charge in [-0.05, 0) is 18.2 Å². The van der Waals surface area contributed by atoms with Gasteiger partial charge in [0.05, 0.1) is 11.1 Å². The second-order valence-electron chi connectivity index (χ2n) is 2.34. The second kappa shape index (κ2) is 5.41. The number of thiol groups is 1. The zero-order valence-corrected chi connectivity index (χ0v) is 7.28. The molecule has 4 nitrogen and oxygen atoms in total. The van der Waals surface area contributed by atoms with Gasteiger partial charge >= 0.3 is 41.5 Å². The van der Waals surface area contributed by atoms with Crippen LogP contribution >= 0.6 is 12.6 Å². The molecule has 0 bridgehead atoms. The van der Waals surface area contributed by atoms with Crippen molar-refractivity contribution in [2.24, 2.45) is 0 Å². The van der Waals surface area contributed by atoms with Gasteiger partial charge < -0.3 is 10.2 Å². The molecule has 70 valence electrons. The summed E-state index contributed by atoms with van der Waals surface area (Å²) in [7, 11) is 0. The molecule has 0 spiro atoms. The van der Waals surface area contributed by atoms with Crippen molar-refractivity contribution in [2.75, 3.05) is 0 Å². The number of aromatic carboxylic acids is 2. The quantitative estimate of drug-likeness (QED) is 0.509. The maximum absolute atomic E-state index is 10.5. The van der Waals surface area contributed by atoms with Gasteiger partial charge in [0.2, 0.25) is 0 Å². The van der Waals surface area contributed by atoms with Crippen LogP contribution in [-0.2, 0) is 0 Å². The summed E-state index contributed by atoms with van der Waals surface area (Å²) < 4.78 is 0. The third-order valence-corrected chi connectivity index (χ3v) is 1.85. The zero-order valence-electron chi connectivity index (χ0n) is 6.39. The molecular weight excluding hydrogens is 215 g/mol. The molecule has 0 radical (unpaired) electrons. The molecule has 1 aromatic rings. The Labute approximate surface area is 108 Å². The van der Waals surface area contributed by atoms with Crippen LogP contribution in [0, 0.1) is 0 Å². The molecule has 0 amide bonds. The molecular formula is C8H7NaO4S. The molecule has 2 N–H and O–H groups in total. The first kappa shape index (κ1) is 13.5. The molecule has 0 saturated heterocycles. The number of carboxylic acids is 2. The van der Waals surface area contributed by atoms with Crippen molar-refractivity contribution in [3.8, 4) is 0 Å². The number of hydrogen-bond acceptors (Lipinski definition) is 3. The fraction of sp³-hybridized carbons (Fsp3) is 0. The Hall–Kier alpha value is -0.490. The summed E-state index contributed by atoms with van der Waals surface area (Å²) in [5, 5.41) is 17.2. The summed E-state index contributed by atoms with van der Waals surface area (Å²) in [6.45, 7) is 0. The van der Waals surface area contributed by atoms with Crippen LogP contribution in [0.4, 0.5) is 0 Å². The van der Waals surface area contributed by atoms with E-state index in [0.717, 1.165) is 0 Å². The molecule has 14 heavy (non-hydrogen) atoms. The van der Waals surface area contributed by atoms with E-state index in [1.54, 1.807) is 0 Å². The van der Waals surface area contributed by atoms with Crippen LogP contribution in [0.5, 0.6) is 0 Å². The van der Waals surface area contributed by atoms with Crippen LogP contribution < -0.4 is 0 Å². The second-order valence-corrected chi connectivity index (χ2v) is 2.82. The Morgan fingerprint density at radius 2 is 1.71 bits per heavy atom. The topological polar surface area (TPSA) is 74.6 Å². The molecule has 0 saturated carbocycles. The molecule has 1 rings (SSSR count). The summed E-state index contributed by atoms with van der Waals surface area (Å²) in [6, 6.07) is 3.65. The van der Waals surface area contributed by atoms with Crippen LogP contribution in [0.25, 0.3) is 0 Å². The fourth-order valence-electron chi connectivity index (χ4n) is 0.846. The average Bonchev–Trinajstić information content (AvgIpc) is 2.03. The van der Waals surface area contributed by atoms with Crippen molar-refractivity contribution < 1.29 is 19.8 Å². The van der Waals surface area contributed by atoms with Crippen molar-refractivity contribution in [1.29, 1.82) is 0 Å². The standard InChI is InChI=1S/C8H6O4S.Na.H/c9-7(10)4-1-2-5(8(11)12)6(13)3-4;;/h1-3,13H,(H,9,10)(H,11,12);;. The molecule has 0 unspecified atom stereocenters. The van der Waals surface area contributed by atoms with Crippen molar-refractivity contribution in [2.45, 2.75) is 4.90 Å². The Morgan fingerprint density at radius 3 is 2.07 bits per heavy atom. The van der Waals surface area contributed by atoms with Crippen molar-refractivity contribution in [3.05, 3.63) is 29.3 Å². The molecule has 0 fully saturated rings. The Bertz CT molecular complexity index is 378. The number of benzene rings is 1. The number of rotatable bonds is 2. The van der Waals surface area contributed by atoms with Crippen LogP contribution in [0.1, 0.15) is 20.7 Å². The molecule has 0 atom stereocenters. The first-order chi connectivity index (χ1) is 6.02. The molecule has 0 aliphatic carbocycles. The van der Waals surface area contributed by atoms with Gasteiger partial charge in [-0.2, -0.15) is 0 Å². The van der Waals surface area contributed by atoms with Gasteiger partial charge in [-0.15, -0.1) is 12.6 Å². The molecule has 0 aliphatic rings. The third-order valence-electron chi connectivity index (χ3n) is 1.48. The number of hydrogen-bond donors (Lipinski definition) is 3. The first-order valence-corrected chi connectivity index (χ1v) is 3.76. The molecule has 6 heteroatoms. The average molecular weight is 222 g/mol. The van der Waals surface area contributed by atoms with E-state index in [-0.39, 0.29) is 45.6 Å². The van der Waals surface area contributed by atoms with Gasteiger partial charge in [-0.1, -0.05) is 0 Å². The van der Waals surface area contributed by atoms with Crippen molar-refractivity contribution in [3.63, 3.8) is 0 Å². The van der Waals surface area contributed by atoms with E-state index in [1.165, 1.54) is 18.2 Å². The summed E-state index contributed by atoms with van der Waals surface area (Å²) in [5.41, 5.74) is 0.0170. The summed E-state index contributed by atoms with van der Waals surface area (Å²) in [4.78, 5) is 21.1. The SMILES string of the molecule is O=C(O)c1ccc(C(=O)O)c(S)c1.[NaH]. The van der Waals surface area contributed by atoms with E-state index in [1.807, 2.05) is 0 Å². The Morgan fingerprint density at radius 1 is 1.14 bits per heavy atom. The van der Waals surface area contributed by atoms with E-state index in [2.05, 4.69) is 12.6 Å². The monoisotopic (exact) mass is 222 g/mol. The van der Waals surface area contributed by atoms with Crippen LogP contribution in [0.2, 0.25) is 0 Å². The van der Waals surface area contributed by atoms with E-state index < -0.39 is 11.9 Å². The minimum absolute atomic E-state index is 0. The predicted molar refractivity (Wildman–Crippen MR) is 54.8 cm³/mol. The van der Waals surface area contributed by atoms with Gasteiger partial charge in [0.1, 0.15) is 0 Å². The van der Waals surface area contributed by atoms with E-state index in [9.17, 15) is 9.59 Å². The van der Waals surface area contributed by atoms with Crippen LogP contribution in [0.15, 0.2) is 23.1 Å². The molecule has 0 aromatic heterocycles. The Kier molecular flexibility index (Phi) is 5.22. The normalized spacial score (nSPS) is 8.93. The molecule has 0 heterocycles. The Balaban J connectivity index is 0.00000169. The van der Waals surface area contributed by atoms with Crippen LogP contribution in [-0.4, -0.2) is 51.7 Å². The number of carboxylic acid groups (broad SMARTS) is 2. The van der Waals surface area contributed by atoms with E-state index in [4.69, 9.17) is 10.2 Å².